The summed E-state index contributed by atoms with van der Waals surface area (Å²) in [7, 11) is 1.60. The number of anilines is 1. The molecule has 1 N–H and O–H groups in total. The van der Waals surface area contributed by atoms with Gasteiger partial charge in [0.15, 0.2) is 5.75 Å². The van der Waals surface area contributed by atoms with Gasteiger partial charge in [-0.3, -0.25) is 9.69 Å². The number of carbonyl (C=O) groups excluding carboxylic acids is 1. The van der Waals surface area contributed by atoms with Gasteiger partial charge in [0.25, 0.3) is 0 Å². The zero-order valence-corrected chi connectivity index (χ0v) is 22.1. The number of amides is 1. The lowest BCUT2D eigenvalue weighted by atomic mass is 9.96. The van der Waals surface area contributed by atoms with Gasteiger partial charge in [0.1, 0.15) is 11.5 Å². The number of ether oxygens (including phenoxy) is 2. The summed E-state index contributed by atoms with van der Waals surface area (Å²) < 4.78 is 16.8. The van der Waals surface area contributed by atoms with Crippen LogP contribution >= 0.6 is 11.6 Å². The maximum Gasteiger partial charge on any atom is 0.241 e. The highest BCUT2D eigenvalue weighted by Crippen LogP contribution is 2.34. The molecule has 38 heavy (non-hydrogen) atoms. The van der Waals surface area contributed by atoms with Gasteiger partial charge in [0.05, 0.1) is 19.3 Å². The van der Waals surface area contributed by atoms with Gasteiger partial charge in [-0.25, -0.2) is 0 Å². The number of nitrogens with one attached hydrogen (secondary N) is 1. The molecular formula is C29H29ClN4O4. The zero-order valence-electron chi connectivity index (χ0n) is 21.3. The van der Waals surface area contributed by atoms with Crippen molar-refractivity contribution in [2.45, 2.75) is 26.3 Å². The molecular weight excluding hydrogens is 504 g/mol. The molecule has 1 fully saturated rings. The van der Waals surface area contributed by atoms with E-state index in [9.17, 15) is 4.79 Å². The Labute approximate surface area is 226 Å². The quantitative estimate of drug-likeness (QED) is 0.283. The number of hydrogen-bond donors (Lipinski definition) is 1. The third kappa shape index (κ3) is 6.33. The van der Waals surface area contributed by atoms with Gasteiger partial charge in [-0.1, -0.05) is 52.7 Å². The Kier molecular flexibility index (Phi) is 7.91. The molecule has 3 aromatic carbocycles. The third-order valence-electron chi connectivity index (χ3n) is 6.56. The van der Waals surface area contributed by atoms with Crippen LogP contribution in [0.5, 0.6) is 17.2 Å². The van der Waals surface area contributed by atoms with E-state index < -0.39 is 0 Å². The summed E-state index contributed by atoms with van der Waals surface area (Å²) in [5.74, 6) is 2.77. The number of nitrogens with zero attached hydrogens (tertiary/aromatic N) is 3. The smallest absolute Gasteiger partial charge is 0.241 e. The summed E-state index contributed by atoms with van der Waals surface area (Å²) >= 11 is 6.23. The van der Waals surface area contributed by atoms with Crippen LogP contribution in [0.2, 0.25) is 5.02 Å². The summed E-state index contributed by atoms with van der Waals surface area (Å²) in [5.41, 5.74) is 2.64. The molecule has 8 nitrogen and oxygen atoms in total. The van der Waals surface area contributed by atoms with Crippen LogP contribution in [0, 0.1) is 12.8 Å². The summed E-state index contributed by atoms with van der Waals surface area (Å²) in [5, 5.41) is 7.65. The van der Waals surface area contributed by atoms with Crippen LogP contribution in [-0.4, -0.2) is 41.1 Å². The van der Waals surface area contributed by atoms with Crippen molar-refractivity contribution in [1.29, 1.82) is 0 Å². The van der Waals surface area contributed by atoms with E-state index in [0.29, 0.717) is 46.2 Å². The number of aryl methyl sites for hydroxylation is 1. The standard InChI is InChI=1S/C29H29ClN4O4/c1-19-6-8-20(9-7-19)28-32-27(38-33-28)18-34-14-12-21(13-15-34)29(35)31-25-16-22(30)10-11-26(25)37-24-5-3-4-23(17-24)36-2/h3-11,16-17,21H,12-15,18H2,1-2H3,(H,31,35). The van der Waals surface area contributed by atoms with E-state index in [1.807, 2.05) is 49.4 Å². The molecule has 0 spiro atoms. The molecule has 0 radical (unpaired) electrons. The second kappa shape index (κ2) is 11.7. The summed E-state index contributed by atoms with van der Waals surface area (Å²) in [6.45, 7) is 4.10. The fourth-order valence-corrected chi connectivity index (χ4v) is 4.57. The SMILES string of the molecule is COc1cccc(Oc2ccc(Cl)cc2NC(=O)C2CCN(Cc3nc(-c4ccc(C)cc4)no3)CC2)c1. The van der Waals surface area contributed by atoms with E-state index in [-0.39, 0.29) is 11.8 Å². The van der Waals surface area contributed by atoms with Gasteiger partial charge in [-0.05, 0) is 63.2 Å². The molecule has 0 unspecified atom stereocenters. The fourth-order valence-electron chi connectivity index (χ4n) is 4.40. The van der Waals surface area contributed by atoms with Gasteiger partial charge in [-0.15, -0.1) is 0 Å². The lowest BCUT2D eigenvalue weighted by molar-refractivity contribution is -0.121. The van der Waals surface area contributed by atoms with E-state index in [1.54, 1.807) is 31.4 Å². The molecule has 0 aliphatic carbocycles. The van der Waals surface area contributed by atoms with Gasteiger partial charge >= 0.3 is 0 Å². The number of hydrogen-bond acceptors (Lipinski definition) is 7. The third-order valence-corrected chi connectivity index (χ3v) is 6.80. The predicted octanol–water partition coefficient (Wildman–Crippen LogP) is 6.35. The summed E-state index contributed by atoms with van der Waals surface area (Å²) in [6, 6.07) is 20.5. The molecule has 1 aliphatic heterocycles. The Morgan fingerprint density at radius 2 is 1.84 bits per heavy atom. The van der Waals surface area contributed by atoms with E-state index in [4.69, 9.17) is 25.6 Å². The lowest BCUT2D eigenvalue weighted by Crippen LogP contribution is -2.37. The average molecular weight is 533 g/mol. The molecule has 1 aromatic heterocycles. The molecule has 1 saturated heterocycles. The number of rotatable bonds is 8. The zero-order chi connectivity index (χ0) is 26.5. The van der Waals surface area contributed by atoms with Gasteiger partial charge in [0, 0.05) is 22.6 Å². The minimum atomic E-state index is -0.124. The number of benzene rings is 3. The number of aromatic nitrogens is 2. The molecule has 2 heterocycles. The molecule has 4 aromatic rings. The van der Waals surface area contributed by atoms with Crippen LogP contribution in [0.25, 0.3) is 11.4 Å². The number of methoxy groups -OCH3 is 1. The molecule has 9 heteroatoms. The number of likely N-dealkylation sites (tertiary alicyclic amines) is 1. The van der Waals surface area contributed by atoms with Gasteiger partial charge < -0.3 is 19.3 Å². The van der Waals surface area contributed by atoms with Crippen LogP contribution in [-0.2, 0) is 11.3 Å². The first kappa shape index (κ1) is 25.8. The Bertz CT molecular complexity index is 1400. The monoisotopic (exact) mass is 532 g/mol. The summed E-state index contributed by atoms with van der Waals surface area (Å²) in [6.07, 6.45) is 1.44. The number of piperidine rings is 1. The van der Waals surface area contributed by atoms with Crippen LogP contribution in [0.1, 0.15) is 24.3 Å². The van der Waals surface area contributed by atoms with Crippen molar-refractivity contribution in [2.75, 3.05) is 25.5 Å². The molecule has 5 rings (SSSR count). The maximum absolute atomic E-state index is 13.1. The second-order valence-electron chi connectivity index (χ2n) is 9.34. The highest BCUT2D eigenvalue weighted by atomic mass is 35.5. The van der Waals surface area contributed by atoms with Gasteiger partial charge in [0.2, 0.25) is 17.6 Å². The van der Waals surface area contributed by atoms with E-state index >= 15 is 0 Å². The Morgan fingerprint density at radius 1 is 1.08 bits per heavy atom. The van der Waals surface area contributed by atoms with E-state index in [2.05, 4.69) is 20.4 Å². The predicted molar refractivity (Wildman–Crippen MR) is 146 cm³/mol. The molecule has 0 bridgehead atoms. The van der Waals surface area contributed by atoms with Crippen molar-refractivity contribution in [1.82, 2.24) is 15.0 Å². The van der Waals surface area contributed by atoms with E-state index in [1.165, 1.54) is 5.56 Å². The van der Waals surface area contributed by atoms with Crippen molar-refractivity contribution in [3.8, 4) is 28.6 Å². The van der Waals surface area contributed by atoms with Crippen LogP contribution in [0.3, 0.4) is 0 Å². The molecule has 0 atom stereocenters. The normalized spacial score (nSPS) is 14.3. The van der Waals surface area contributed by atoms with E-state index in [0.717, 1.165) is 31.5 Å². The minimum absolute atomic E-state index is 0.0538. The van der Waals surface area contributed by atoms with Crippen molar-refractivity contribution in [2.24, 2.45) is 5.92 Å². The Hall–Kier alpha value is -3.88. The van der Waals surface area contributed by atoms with Crippen LogP contribution in [0.15, 0.2) is 71.3 Å². The van der Waals surface area contributed by atoms with Crippen LogP contribution < -0.4 is 14.8 Å². The van der Waals surface area contributed by atoms with Gasteiger partial charge in [-0.2, -0.15) is 4.98 Å². The molecule has 1 amide bonds. The Balaban J connectivity index is 1.17. The Morgan fingerprint density at radius 3 is 2.61 bits per heavy atom. The second-order valence-corrected chi connectivity index (χ2v) is 9.78. The minimum Gasteiger partial charge on any atom is -0.497 e. The molecule has 0 saturated carbocycles. The first-order valence-electron chi connectivity index (χ1n) is 12.5. The van der Waals surface area contributed by atoms with Crippen molar-refractivity contribution in [3.05, 3.63) is 83.2 Å². The first-order valence-corrected chi connectivity index (χ1v) is 12.9. The topological polar surface area (TPSA) is 89.7 Å². The number of halogens is 1. The average Bonchev–Trinajstić information content (AvgIpc) is 3.39. The molecule has 196 valence electrons. The highest BCUT2D eigenvalue weighted by Gasteiger charge is 2.27. The summed E-state index contributed by atoms with van der Waals surface area (Å²) in [4.78, 5) is 19.9. The first-order chi connectivity index (χ1) is 18.5. The lowest BCUT2D eigenvalue weighted by Gasteiger charge is -2.30. The number of carbonyl (C=O) groups is 1. The highest BCUT2D eigenvalue weighted by molar-refractivity contribution is 6.31. The fraction of sp³-hybridized carbons (Fsp3) is 0.276. The largest absolute Gasteiger partial charge is 0.497 e. The van der Waals surface area contributed by atoms with Crippen LogP contribution in [0.4, 0.5) is 5.69 Å². The van der Waals surface area contributed by atoms with Crippen molar-refractivity contribution < 1.29 is 18.8 Å². The maximum atomic E-state index is 13.1. The molecule has 1 aliphatic rings. The van der Waals surface area contributed by atoms with Crippen molar-refractivity contribution >= 4 is 23.2 Å². The van der Waals surface area contributed by atoms with Crippen molar-refractivity contribution in [3.63, 3.8) is 0 Å².